The number of nitro benzene ring substituents is 1. The van der Waals surface area contributed by atoms with Crippen molar-refractivity contribution in [2.75, 3.05) is 30.4 Å². The predicted octanol–water partition coefficient (Wildman–Crippen LogP) is 2.23. The van der Waals surface area contributed by atoms with Crippen molar-refractivity contribution in [1.29, 1.82) is 5.26 Å². The van der Waals surface area contributed by atoms with E-state index in [2.05, 4.69) is 25.3 Å². The van der Waals surface area contributed by atoms with Crippen LogP contribution >= 0.6 is 0 Å². The Bertz CT molecular complexity index is 1150. The summed E-state index contributed by atoms with van der Waals surface area (Å²) in [5.41, 5.74) is 1.04. The number of non-ortho nitro benzene ring substituents is 1. The molecule has 0 amide bonds. The Labute approximate surface area is 172 Å². The highest BCUT2D eigenvalue weighted by Gasteiger charge is 2.25. The van der Waals surface area contributed by atoms with Crippen LogP contribution in [0.25, 0.3) is 10.9 Å². The third-order valence-corrected chi connectivity index (χ3v) is 5.15. The summed E-state index contributed by atoms with van der Waals surface area (Å²) >= 11 is 0. The van der Waals surface area contributed by atoms with Gasteiger partial charge in [0.1, 0.15) is 11.6 Å². The molecule has 0 spiro atoms. The summed E-state index contributed by atoms with van der Waals surface area (Å²) in [5, 5.41) is 29.0. The Hall–Kier alpha value is -3.94. The number of nitro groups is 1. The molecule has 0 unspecified atom stereocenters. The largest absolute Gasteiger partial charge is 0.480 e. The molecular weight excluding hydrogens is 388 g/mol. The second kappa shape index (κ2) is 7.82. The number of methoxy groups -OCH3 is 1. The van der Waals surface area contributed by atoms with Gasteiger partial charge in [-0.3, -0.25) is 14.8 Å². The van der Waals surface area contributed by atoms with E-state index in [0.29, 0.717) is 12.5 Å². The molecule has 1 saturated heterocycles. The van der Waals surface area contributed by atoms with E-state index in [1.807, 2.05) is 6.07 Å². The summed E-state index contributed by atoms with van der Waals surface area (Å²) in [5.74, 6) is 1.44. The van der Waals surface area contributed by atoms with E-state index in [0.717, 1.165) is 36.1 Å². The number of nitrogens with zero attached hydrogens (tertiary/aromatic N) is 7. The van der Waals surface area contributed by atoms with E-state index in [9.17, 15) is 10.1 Å². The Morgan fingerprint density at radius 3 is 3.00 bits per heavy atom. The highest BCUT2D eigenvalue weighted by molar-refractivity contribution is 5.92. The van der Waals surface area contributed by atoms with Gasteiger partial charge in [-0.15, -0.1) is 0 Å². The minimum Gasteiger partial charge on any atom is -0.480 e. The van der Waals surface area contributed by atoms with Crippen molar-refractivity contribution in [1.82, 2.24) is 19.7 Å². The fourth-order valence-electron chi connectivity index (χ4n) is 3.71. The molecule has 1 aromatic carbocycles. The van der Waals surface area contributed by atoms with Crippen LogP contribution in [0.5, 0.6) is 5.88 Å². The highest BCUT2D eigenvalue weighted by atomic mass is 16.6. The number of anilines is 2. The van der Waals surface area contributed by atoms with Crippen molar-refractivity contribution in [3.63, 3.8) is 0 Å². The second-order valence-electron chi connectivity index (χ2n) is 7.06. The molecule has 30 heavy (non-hydrogen) atoms. The number of benzene rings is 1. The Morgan fingerprint density at radius 1 is 1.43 bits per heavy atom. The average molecular weight is 408 g/mol. The number of rotatable bonds is 5. The van der Waals surface area contributed by atoms with Crippen LogP contribution in [0.15, 0.2) is 24.4 Å². The fraction of sp³-hybridized carbons (Fsp3) is 0.368. The number of fused-ring (bicyclic) bond motifs is 1. The SMILES string of the molecule is COc1nc(N[C@@H]2CCCN(c3nn(C)c4cc([N+](=O)[O-])ccc34)C2)ncc1C#N. The molecule has 3 aromatic rings. The quantitative estimate of drug-likeness (QED) is 0.498. The average Bonchev–Trinajstić information content (AvgIpc) is 3.10. The molecule has 4 rings (SSSR count). The molecule has 1 atom stereocenters. The molecule has 0 saturated carbocycles. The summed E-state index contributed by atoms with van der Waals surface area (Å²) in [4.78, 5) is 21.3. The Kier molecular flexibility index (Phi) is 5.05. The number of aryl methyl sites for hydroxylation is 1. The third kappa shape index (κ3) is 3.55. The summed E-state index contributed by atoms with van der Waals surface area (Å²) in [6.07, 6.45) is 3.31. The molecule has 1 N–H and O–H groups in total. The molecule has 1 aliphatic heterocycles. The van der Waals surface area contributed by atoms with Gasteiger partial charge in [0.2, 0.25) is 11.8 Å². The van der Waals surface area contributed by atoms with Gasteiger partial charge in [0, 0.05) is 43.7 Å². The van der Waals surface area contributed by atoms with Gasteiger partial charge in [0.25, 0.3) is 5.69 Å². The molecule has 3 heterocycles. The number of nitrogens with one attached hydrogen (secondary N) is 1. The van der Waals surface area contributed by atoms with Gasteiger partial charge in [-0.1, -0.05) is 0 Å². The lowest BCUT2D eigenvalue weighted by Gasteiger charge is -2.33. The molecule has 154 valence electrons. The molecule has 2 aromatic heterocycles. The van der Waals surface area contributed by atoms with Crippen LogP contribution < -0.4 is 15.0 Å². The van der Waals surface area contributed by atoms with E-state index in [4.69, 9.17) is 10.00 Å². The summed E-state index contributed by atoms with van der Waals surface area (Å²) in [7, 11) is 3.25. The molecule has 0 aliphatic carbocycles. The van der Waals surface area contributed by atoms with Crippen LogP contribution in [0.1, 0.15) is 18.4 Å². The zero-order valence-corrected chi connectivity index (χ0v) is 16.6. The van der Waals surface area contributed by atoms with Gasteiger partial charge >= 0.3 is 0 Å². The Morgan fingerprint density at radius 2 is 2.27 bits per heavy atom. The molecule has 0 bridgehead atoms. The van der Waals surface area contributed by atoms with Crippen LogP contribution in [-0.2, 0) is 7.05 Å². The van der Waals surface area contributed by atoms with Crippen LogP contribution in [0.2, 0.25) is 0 Å². The summed E-state index contributed by atoms with van der Waals surface area (Å²) < 4.78 is 6.82. The van der Waals surface area contributed by atoms with Gasteiger partial charge in [-0.25, -0.2) is 4.98 Å². The first-order chi connectivity index (χ1) is 14.5. The first kappa shape index (κ1) is 19.4. The topological polar surface area (TPSA) is 135 Å². The van der Waals surface area contributed by atoms with E-state index >= 15 is 0 Å². The zero-order valence-electron chi connectivity index (χ0n) is 16.6. The molecule has 1 aliphatic rings. The third-order valence-electron chi connectivity index (χ3n) is 5.15. The second-order valence-corrected chi connectivity index (χ2v) is 7.06. The lowest BCUT2D eigenvalue weighted by molar-refractivity contribution is -0.384. The van der Waals surface area contributed by atoms with Gasteiger partial charge < -0.3 is 15.0 Å². The van der Waals surface area contributed by atoms with Crippen LogP contribution in [-0.4, -0.2) is 50.9 Å². The van der Waals surface area contributed by atoms with Crippen molar-refractivity contribution < 1.29 is 9.66 Å². The van der Waals surface area contributed by atoms with Crippen molar-refractivity contribution in [3.8, 4) is 11.9 Å². The number of ether oxygens (including phenoxy) is 1. The maximum atomic E-state index is 11.1. The molecular formula is C19H20N8O3. The lowest BCUT2D eigenvalue weighted by atomic mass is 10.1. The van der Waals surface area contributed by atoms with Gasteiger partial charge in [0.05, 0.1) is 23.7 Å². The van der Waals surface area contributed by atoms with E-state index in [1.54, 1.807) is 23.9 Å². The van der Waals surface area contributed by atoms with Crippen molar-refractivity contribution in [3.05, 3.63) is 40.1 Å². The standard InChI is InChI=1S/C19H20N8O3/c1-25-16-8-14(27(28)29)5-6-15(16)17(24-25)26-7-3-4-13(11-26)22-19-21-10-12(9-20)18(23-19)30-2/h5-6,8,10,13H,3-4,7,11H2,1-2H3,(H,21,22,23)/t13-/m1/s1. The summed E-state index contributed by atoms with van der Waals surface area (Å²) in [6, 6.07) is 6.87. The number of hydrogen-bond acceptors (Lipinski definition) is 9. The van der Waals surface area contributed by atoms with Crippen LogP contribution in [0.4, 0.5) is 17.5 Å². The van der Waals surface area contributed by atoms with Crippen LogP contribution in [0, 0.1) is 21.4 Å². The fourth-order valence-corrected chi connectivity index (χ4v) is 3.71. The highest BCUT2D eigenvalue weighted by Crippen LogP contribution is 2.31. The monoisotopic (exact) mass is 408 g/mol. The molecule has 11 heteroatoms. The van der Waals surface area contributed by atoms with E-state index in [1.165, 1.54) is 19.4 Å². The smallest absolute Gasteiger partial charge is 0.271 e. The number of piperidine rings is 1. The number of nitriles is 1. The maximum absolute atomic E-state index is 11.1. The summed E-state index contributed by atoms with van der Waals surface area (Å²) in [6.45, 7) is 1.51. The molecule has 1 fully saturated rings. The number of hydrogen-bond donors (Lipinski definition) is 1. The van der Waals surface area contributed by atoms with Gasteiger partial charge in [0.15, 0.2) is 5.82 Å². The molecule has 0 radical (unpaired) electrons. The number of aromatic nitrogens is 4. The van der Waals surface area contributed by atoms with Gasteiger partial charge in [-0.2, -0.15) is 15.3 Å². The van der Waals surface area contributed by atoms with Crippen molar-refractivity contribution >= 4 is 28.4 Å². The minimum absolute atomic E-state index is 0.0437. The zero-order chi connectivity index (χ0) is 21.3. The van der Waals surface area contributed by atoms with E-state index < -0.39 is 4.92 Å². The van der Waals surface area contributed by atoms with Gasteiger partial charge in [-0.05, 0) is 18.9 Å². The van der Waals surface area contributed by atoms with E-state index in [-0.39, 0.29) is 23.2 Å². The first-order valence-electron chi connectivity index (χ1n) is 9.44. The van der Waals surface area contributed by atoms with Crippen molar-refractivity contribution in [2.24, 2.45) is 7.05 Å². The molecule has 11 nitrogen and oxygen atoms in total. The van der Waals surface area contributed by atoms with Crippen molar-refractivity contribution in [2.45, 2.75) is 18.9 Å². The normalized spacial score (nSPS) is 16.3. The maximum Gasteiger partial charge on any atom is 0.271 e. The minimum atomic E-state index is -0.404. The predicted molar refractivity (Wildman–Crippen MR) is 110 cm³/mol. The lowest BCUT2D eigenvalue weighted by Crippen LogP contribution is -2.42. The Balaban J connectivity index is 1.56. The first-order valence-corrected chi connectivity index (χ1v) is 9.44. The van der Waals surface area contributed by atoms with Crippen LogP contribution in [0.3, 0.4) is 0 Å².